The van der Waals surface area contributed by atoms with Crippen molar-refractivity contribution in [3.05, 3.63) is 24.0 Å². The third-order valence-electron chi connectivity index (χ3n) is 8.65. The minimum atomic E-state index is -2.92. The highest BCUT2D eigenvalue weighted by atomic mass is 19.3. The molecular formula is C31H44F2N12O4. The van der Waals surface area contributed by atoms with Crippen molar-refractivity contribution >= 4 is 35.6 Å². The van der Waals surface area contributed by atoms with Crippen molar-refractivity contribution in [1.82, 2.24) is 44.9 Å². The molecule has 266 valence electrons. The number of ether oxygens (including phenoxy) is 1. The van der Waals surface area contributed by atoms with Gasteiger partial charge in [0.2, 0.25) is 35.6 Å². The molecule has 3 aliphatic rings. The van der Waals surface area contributed by atoms with Gasteiger partial charge in [0, 0.05) is 90.1 Å². The molecule has 0 radical (unpaired) electrons. The number of halogens is 2. The predicted molar refractivity (Wildman–Crippen MR) is 177 cm³/mol. The van der Waals surface area contributed by atoms with E-state index in [2.05, 4.69) is 30.2 Å². The first-order valence-corrected chi connectivity index (χ1v) is 16.5. The van der Waals surface area contributed by atoms with Crippen LogP contribution in [-0.2, 0) is 19.1 Å². The number of morpholine rings is 1. The average molecular weight is 687 g/mol. The van der Waals surface area contributed by atoms with Crippen LogP contribution in [0.4, 0.5) is 26.6 Å². The van der Waals surface area contributed by atoms with Crippen LogP contribution in [0.3, 0.4) is 0 Å². The van der Waals surface area contributed by atoms with E-state index in [0.29, 0.717) is 96.9 Å². The van der Waals surface area contributed by atoms with Gasteiger partial charge in [-0.2, -0.15) is 15.0 Å². The summed E-state index contributed by atoms with van der Waals surface area (Å²) in [7, 11) is 3.86. The van der Waals surface area contributed by atoms with Crippen molar-refractivity contribution in [2.24, 2.45) is 5.92 Å². The quantitative estimate of drug-likeness (QED) is 0.307. The van der Waals surface area contributed by atoms with Gasteiger partial charge in [0.1, 0.15) is 5.69 Å². The summed E-state index contributed by atoms with van der Waals surface area (Å²) in [6.07, 6.45) is 3.00. The minimum Gasteiger partial charge on any atom is -0.378 e. The first kappa shape index (κ1) is 35.7. The van der Waals surface area contributed by atoms with Crippen LogP contribution < -0.4 is 20.9 Å². The van der Waals surface area contributed by atoms with E-state index in [0.717, 1.165) is 0 Å². The van der Waals surface area contributed by atoms with E-state index in [1.165, 1.54) is 6.20 Å². The Morgan fingerprint density at radius 3 is 2.24 bits per heavy atom. The highest BCUT2D eigenvalue weighted by Gasteiger charge is 2.29. The lowest BCUT2D eigenvalue weighted by molar-refractivity contribution is -0.133. The Morgan fingerprint density at radius 2 is 1.61 bits per heavy atom. The van der Waals surface area contributed by atoms with Gasteiger partial charge >= 0.3 is 0 Å². The molecule has 3 amide bonds. The number of nitrogen functional groups attached to an aromatic ring is 1. The van der Waals surface area contributed by atoms with Gasteiger partial charge in [-0.05, 0) is 26.9 Å². The number of hydrogen-bond acceptors (Lipinski definition) is 13. The van der Waals surface area contributed by atoms with Gasteiger partial charge in [-0.3, -0.25) is 14.4 Å². The van der Waals surface area contributed by atoms with Crippen LogP contribution in [0.1, 0.15) is 31.4 Å². The van der Waals surface area contributed by atoms with Crippen LogP contribution >= 0.6 is 0 Å². The summed E-state index contributed by atoms with van der Waals surface area (Å²) in [6, 6.07) is 0. The van der Waals surface area contributed by atoms with Crippen LogP contribution in [0.25, 0.3) is 11.4 Å². The number of hydrogen-bond donors (Lipinski definition) is 2. The summed E-state index contributed by atoms with van der Waals surface area (Å²) in [6.45, 7) is 5.54. The molecule has 5 heterocycles. The van der Waals surface area contributed by atoms with Crippen LogP contribution in [0, 0.1) is 5.92 Å². The fraction of sp³-hybridized carbons (Fsp3) is 0.613. The lowest BCUT2D eigenvalue weighted by atomic mass is 9.96. The maximum absolute atomic E-state index is 13.9. The van der Waals surface area contributed by atoms with Crippen LogP contribution in [-0.4, -0.2) is 150 Å². The van der Waals surface area contributed by atoms with Crippen molar-refractivity contribution < 1.29 is 27.9 Å². The van der Waals surface area contributed by atoms with Gasteiger partial charge in [-0.25, -0.2) is 18.7 Å². The van der Waals surface area contributed by atoms with Crippen molar-refractivity contribution in [3.63, 3.8) is 0 Å². The summed E-state index contributed by atoms with van der Waals surface area (Å²) < 4.78 is 33.3. The Balaban J connectivity index is 1.13. The van der Waals surface area contributed by atoms with E-state index < -0.39 is 12.1 Å². The third kappa shape index (κ3) is 9.53. The molecule has 0 aliphatic carbocycles. The van der Waals surface area contributed by atoms with E-state index in [9.17, 15) is 23.2 Å². The van der Waals surface area contributed by atoms with E-state index in [1.807, 2.05) is 34.9 Å². The molecule has 0 spiro atoms. The summed E-state index contributed by atoms with van der Waals surface area (Å²) >= 11 is 0. The standard InChI is InChI=1S/C31H44F2N12O4/c1-41(2)9-3-4-23(46)42-10-6-21(7-11-42)28(48)35-8-5-24(47)43-12-14-44(15-13-43)30-38-27(22-20-36-29(34)37-25(22)26(32)33)39-31(40-30)45-16-18-49-19-17-45/h3-4,20-21,26H,5-19H2,1-2H3,(H,35,48)(H2,34,36,37)/b4-3+. The Labute approximate surface area is 283 Å². The highest BCUT2D eigenvalue weighted by Crippen LogP contribution is 2.30. The van der Waals surface area contributed by atoms with E-state index in [4.69, 9.17) is 10.5 Å². The molecule has 16 nitrogen and oxygen atoms in total. The molecule has 3 N–H and O–H groups in total. The molecule has 0 unspecified atom stereocenters. The van der Waals surface area contributed by atoms with Gasteiger partial charge in [0.15, 0.2) is 5.82 Å². The van der Waals surface area contributed by atoms with Gasteiger partial charge in [0.25, 0.3) is 6.43 Å². The number of carbonyl (C=O) groups excluding carboxylic acids is 3. The summed E-state index contributed by atoms with van der Waals surface area (Å²) in [5, 5.41) is 2.89. The van der Waals surface area contributed by atoms with Crippen LogP contribution in [0.2, 0.25) is 0 Å². The molecule has 2 aromatic rings. The van der Waals surface area contributed by atoms with Gasteiger partial charge in [-0.15, -0.1) is 0 Å². The van der Waals surface area contributed by atoms with Crippen LogP contribution in [0.5, 0.6) is 0 Å². The number of alkyl halides is 2. The molecule has 0 bridgehead atoms. The first-order chi connectivity index (χ1) is 23.6. The summed E-state index contributed by atoms with van der Waals surface area (Å²) in [5.74, 6) is -0.0872. The molecule has 3 aliphatic heterocycles. The number of likely N-dealkylation sites (tertiary alicyclic amines) is 1. The van der Waals surface area contributed by atoms with Crippen molar-refractivity contribution in [3.8, 4) is 11.4 Å². The molecule has 3 saturated heterocycles. The molecule has 2 aromatic heterocycles. The zero-order valence-electron chi connectivity index (χ0n) is 27.9. The Bertz CT molecular complexity index is 1490. The van der Waals surface area contributed by atoms with Gasteiger partial charge in [-0.1, -0.05) is 6.08 Å². The lowest BCUT2D eigenvalue weighted by Gasteiger charge is -2.35. The monoisotopic (exact) mass is 686 g/mol. The summed E-state index contributed by atoms with van der Waals surface area (Å²) in [4.78, 5) is 68.7. The second kappa shape index (κ2) is 16.7. The molecule has 0 atom stereocenters. The van der Waals surface area contributed by atoms with Crippen molar-refractivity contribution in [2.75, 3.05) is 108 Å². The number of piperidine rings is 1. The van der Waals surface area contributed by atoms with E-state index in [1.54, 1.807) is 15.9 Å². The maximum Gasteiger partial charge on any atom is 0.281 e. The number of nitrogens with two attached hydrogens (primary N) is 1. The number of anilines is 3. The number of amides is 3. The fourth-order valence-corrected chi connectivity index (χ4v) is 5.85. The highest BCUT2D eigenvalue weighted by molar-refractivity contribution is 5.88. The van der Waals surface area contributed by atoms with Gasteiger partial charge in [0.05, 0.1) is 18.8 Å². The Morgan fingerprint density at radius 1 is 0.959 bits per heavy atom. The van der Waals surface area contributed by atoms with Crippen molar-refractivity contribution in [2.45, 2.75) is 25.7 Å². The van der Waals surface area contributed by atoms with Crippen molar-refractivity contribution in [1.29, 1.82) is 0 Å². The second-order valence-electron chi connectivity index (χ2n) is 12.4. The fourth-order valence-electron chi connectivity index (χ4n) is 5.85. The lowest BCUT2D eigenvalue weighted by Crippen LogP contribution is -2.50. The number of piperazine rings is 1. The number of carbonyl (C=O) groups is 3. The average Bonchev–Trinajstić information content (AvgIpc) is 3.11. The SMILES string of the molecule is CN(C)C/C=C/C(=O)N1CCC(C(=O)NCCC(=O)N2CCN(c3nc(-c4cnc(N)nc4C(F)F)nc(N4CCOCC4)n3)CC2)CC1. The Hall–Kier alpha value is -4.58. The Kier molecular flexibility index (Phi) is 12.2. The summed E-state index contributed by atoms with van der Waals surface area (Å²) in [5.41, 5.74) is 4.98. The predicted octanol–water partition coefficient (Wildman–Crippen LogP) is 0.196. The zero-order chi connectivity index (χ0) is 34.9. The second-order valence-corrected chi connectivity index (χ2v) is 12.4. The van der Waals surface area contributed by atoms with Gasteiger partial charge < -0.3 is 40.3 Å². The third-order valence-corrected chi connectivity index (χ3v) is 8.65. The smallest absolute Gasteiger partial charge is 0.281 e. The molecule has 49 heavy (non-hydrogen) atoms. The number of nitrogens with zero attached hydrogens (tertiary/aromatic N) is 10. The topological polar surface area (TPSA) is 179 Å². The normalized spacial score (nSPS) is 17.8. The minimum absolute atomic E-state index is 0.00477. The number of likely N-dealkylation sites (N-methyl/N-ethyl adjacent to an activating group) is 1. The van der Waals surface area contributed by atoms with E-state index in [-0.39, 0.29) is 53.9 Å². The molecule has 0 saturated carbocycles. The molecule has 3 fully saturated rings. The largest absolute Gasteiger partial charge is 0.378 e. The van der Waals surface area contributed by atoms with Crippen LogP contribution in [0.15, 0.2) is 18.3 Å². The zero-order valence-corrected chi connectivity index (χ0v) is 27.9. The maximum atomic E-state index is 13.9. The number of aromatic nitrogens is 5. The molecule has 0 aromatic carbocycles. The van der Waals surface area contributed by atoms with E-state index >= 15 is 0 Å². The molecule has 18 heteroatoms. The number of rotatable bonds is 11. The molecule has 5 rings (SSSR count). The molecular weight excluding hydrogens is 642 g/mol. The first-order valence-electron chi connectivity index (χ1n) is 16.5. The number of nitrogens with one attached hydrogen (secondary N) is 1.